The van der Waals surface area contributed by atoms with Gasteiger partial charge in [-0.25, -0.2) is 0 Å². The molecule has 0 aromatic carbocycles. The molecule has 0 bridgehead atoms. The van der Waals surface area contributed by atoms with E-state index in [2.05, 4.69) is 41.0 Å². The standard InChI is InChI=1S/C7H9GeN/c1-9-4-2-7(6-8)3-5-9/h2-5H,6H2,1H3/q+1. The van der Waals surface area contributed by atoms with Crippen LogP contribution in [0.1, 0.15) is 5.56 Å². The summed E-state index contributed by atoms with van der Waals surface area (Å²) in [5, 5.41) is 1.13. The second-order valence-corrected chi connectivity index (χ2v) is 2.79. The zero-order chi connectivity index (χ0) is 6.69. The molecule has 0 spiro atoms. The number of hydrogen-bond acceptors (Lipinski definition) is 0. The fourth-order valence-corrected chi connectivity index (χ4v) is 1.14. The van der Waals surface area contributed by atoms with Crippen molar-refractivity contribution in [2.75, 3.05) is 0 Å². The minimum atomic E-state index is 1.13. The van der Waals surface area contributed by atoms with Crippen LogP contribution >= 0.6 is 0 Å². The summed E-state index contributed by atoms with van der Waals surface area (Å²) in [6.45, 7) is 0. The molecule has 0 aliphatic rings. The van der Waals surface area contributed by atoms with Crippen LogP contribution in [0.4, 0.5) is 0 Å². The third kappa shape index (κ3) is 1.82. The zero-order valence-electron chi connectivity index (χ0n) is 5.46. The van der Waals surface area contributed by atoms with Crippen molar-refractivity contribution in [3.05, 3.63) is 30.1 Å². The van der Waals surface area contributed by atoms with Gasteiger partial charge in [0.05, 0.1) is 0 Å². The first kappa shape index (κ1) is 6.81. The molecule has 0 N–H and O–H groups in total. The van der Waals surface area contributed by atoms with Crippen molar-refractivity contribution < 1.29 is 4.57 Å². The fraction of sp³-hybridized carbons (Fsp3) is 0.286. The molecule has 0 saturated carbocycles. The maximum atomic E-state index is 2.16. The van der Waals surface area contributed by atoms with Crippen LogP contribution in [0, 0.1) is 0 Å². The van der Waals surface area contributed by atoms with Crippen LogP contribution in [0.2, 0.25) is 0 Å². The van der Waals surface area contributed by atoms with E-state index in [1.807, 2.05) is 11.6 Å². The van der Waals surface area contributed by atoms with E-state index in [0.717, 1.165) is 5.25 Å². The molecule has 1 rings (SSSR count). The molecule has 9 heavy (non-hydrogen) atoms. The average Bonchev–Trinajstić information content (AvgIpc) is 1.90. The molecule has 1 nitrogen and oxygen atoms in total. The van der Waals surface area contributed by atoms with E-state index >= 15 is 0 Å². The molecule has 1 aromatic rings. The first-order chi connectivity index (χ1) is 4.33. The van der Waals surface area contributed by atoms with Crippen molar-refractivity contribution in [3.63, 3.8) is 0 Å². The normalized spacial score (nSPS) is 9.56. The van der Waals surface area contributed by atoms with Crippen molar-refractivity contribution in [2.24, 2.45) is 7.05 Å². The molecule has 0 fully saturated rings. The molecule has 1 aromatic heterocycles. The molecule has 0 saturated heterocycles. The Hall–Kier alpha value is -0.307. The predicted molar refractivity (Wildman–Crippen MR) is 37.1 cm³/mol. The third-order valence-corrected chi connectivity index (χ3v) is 2.11. The monoisotopic (exact) mass is 181 g/mol. The third-order valence-electron chi connectivity index (χ3n) is 1.25. The Morgan fingerprint density at radius 2 is 2.00 bits per heavy atom. The first-order valence-electron chi connectivity index (χ1n) is 2.91. The Kier molecular flexibility index (Phi) is 2.28. The number of pyridine rings is 1. The van der Waals surface area contributed by atoms with Crippen molar-refractivity contribution in [2.45, 2.75) is 5.25 Å². The summed E-state index contributed by atoms with van der Waals surface area (Å²) < 4.78 is 2.04. The molecular weight excluding hydrogens is 171 g/mol. The van der Waals surface area contributed by atoms with Crippen LogP contribution in [0.3, 0.4) is 0 Å². The molecule has 0 unspecified atom stereocenters. The Labute approximate surface area is 63.9 Å². The Balaban J connectivity index is 2.88. The maximum absolute atomic E-state index is 2.16. The first-order valence-corrected chi connectivity index (χ1v) is 4.40. The van der Waals surface area contributed by atoms with E-state index in [0.29, 0.717) is 0 Å². The Morgan fingerprint density at radius 1 is 1.44 bits per heavy atom. The van der Waals surface area contributed by atoms with E-state index in [4.69, 9.17) is 0 Å². The van der Waals surface area contributed by atoms with Crippen LogP contribution < -0.4 is 4.57 Å². The summed E-state index contributed by atoms with van der Waals surface area (Å²) in [4.78, 5) is 0. The molecule has 0 aliphatic heterocycles. The minimum absolute atomic E-state index is 1.13. The Bertz CT molecular complexity index is 181. The topological polar surface area (TPSA) is 3.88 Å². The van der Waals surface area contributed by atoms with Gasteiger partial charge in [-0.15, -0.1) is 0 Å². The second kappa shape index (κ2) is 3.01. The quantitative estimate of drug-likeness (QED) is 0.428. The predicted octanol–water partition coefficient (Wildman–Crippen LogP) is 0.180. The van der Waals surface area contributed by atoms with Crippen molar-refractivity contribution >= 4 is 16.5 Å². The van der Waals surface area contributed by atoms with Gasteiger partial charge in [0.2, 0.25) is 0 Å². The van der Waals surface area contributed by atoms with Gasteiger partial charge < -0.3 is 0 Å². The van der Waals surface area contributed by atoms with Crippen molar-refractivity contribution in [3.8, 4) is 0 Å². The molecule has 0 aliphatic carbocycles. The second-order valence-electron chi connectivity index (χ2n) is 2.05. The number of hydrogen-bond donors (Lipinski definition) is 0. The summed E-state index contributed by atoms with van der Waals surface area (Å²) in [7, 11) is 2.03. The van der Waals surface area contributed by atoms with Crippen LogP contribution in [-0.4, -0.2) is 16.5 Å². The zero-order valence-corrected chi connectivity index (χ0v) is 7.56. The molecule has 2 heteroatoms. The number of rotatable bonds is 1. The molecule has 0 atom stereocenters. The van der Waals surface area contributed by atoms with E-state index < -0.39 is 0 Å². The summed E-state index contributed by atoms with van der Waals surface area (Å²) in [5.41, 5.74) is 1.40. The number of nitrogens with zero attached hydrogens (tertiary/aromatic N) is 1. The van der Waals surface area contributed by atoms with Gasteiger partial charge in [0.25, 0.3) is 0 Å². The summed E-state index contributed by atoms with van der Waals surface area (Å²) >= 11 is 2.16. The number of aromatic nitrogens is 1. The average molecular weight is 180 g/mol. The van der Waals surface area contributed by atoms with Gasteiger partial charge in [-0.3, -0.25) is 0 Å². The molecule has 1 heterocycles. The van der Waals surface area contributed by atoms with Crippen LogP contribution in [0.5, 0.6) is 0 Å². The fourth-order valence-electron chi connectivity index (χ4n) is 0.650. The van der Waals surface area contributed by atoms with Gasteiger partial charge in [0, 0.05) is 0 Å². The van der Waals surface area contributed by atoms with Crippen LogP contribution in [-0.2, 0) is 12.3 Å². The summed E-state index contributed by atoms with van der Waals surface area (Å²) in [6.07, 6.45) is 4.14. The van der Waals surface area contributed by atoms with E-state index in [9.17, 15) is 0 Å². The molecule has 0 amide bonds. The molecular formula is C7H9GeN+. The SMILES string of the molecule is C[n+]1ccc([CH2][Ge])cc1. The van der Waals surface area contributed by atoms with Crippen LogP contribution in [0.25, 0.3) is 0 Å². The van der Waals surface area contributed by atoms with Crippen molar-refractivity contribution in [1.29, 1.82) is 0 Å². The Morgan fingerprint density at radius 3 is 2.44 bits per heavy atom. The van der Waals surface area contributed by atoms with Crippen molar-refractivity contribution in [1.82, 2.24) is 0 Å². The van der Waals surface area contributed by atoms with E-state index in [-0.39, 0.29) is 0 Å². The van der Waals surface area contributed by atoms with E-state index in [1.54, 1.807) is 0 Å². The van der Waals surface area contributed by atoms with Gasteiger partial charge in [-0.05, 0) is 0 Å². The van der Waals surface area contributed by atoms with Gasteiger partial charge in [-0.1, -0.05) is 0 Å². The van der Waals surface area contributed by atoms with E-state index in [1.165, 1.54) is 5.56 Å². The molecule has 45 valence electrons. The van der Waals surface area contributed by atoms with Gasteiger partial charge >= 0.3 is 63.5 Å². The summed E-state index contributed by atoms with van der Waals surface area (Å²) in [5.74, 6) is 0. The molecule has 3 radical (unpaired) electrons. The number of aryl methyl sites for hydroxylation is 1. The van der Waals surface area contributed by atoms with Gasteiger partial charge in [-0.2, -0.15) is 0 Å². The summed E-state index contributed by atoms with van der Waals surface area (Å²) in [6, 6.07) is 4.28. The van der Waals surface area contributed by atoms with Crippen LogP contribution in [0.15, 0.2) is 24.5 Å². The van der Waals surface area contributed by atoms with Gasteiger partial charge in [0.15, 0.2) is 0 Å². The van der Waals surface area contributed by atoms with Gasteiger partial charge in [0.1, 0.15) is 0 Å².